The highest BCUT2D eigenvalue weighted by Gasteiger charge is 2.71. The molecule has 2 aromatic rings. The highest BCUT2D eigenvalue weighted by atomic mass is 16.7. The predicted octanol–water partition coefficient (Wildman–Crippen LogP) is 0.453. The van der Waals surface area contributed by atoms with Crippen molar-refractivity contribution in [1.29, 1.82) is 0 Å². The van der Waals surface area contributed by atoms with Crippen molar-refractivity contribution in [3.05, 3.63) is 70.3 Å². The van der Waals surface area contributed by atoms with Crippen molar-refractivity contribution < 1.29 is 34.5 Å². The standard InChI is InChI=1S/C21H22N2O8/c1-11(24)22-16-18(26)21(27)15(12-5-3-2-4-6-12)17(25)19(21)31-20(16)30-14-9-7-13(8-10-14)23(28)29/h2-10,15-20,25-27H,1H3,(H,22,24)/t15?,16-,17?,18-,19-,20-,21+/m1/s1. The Labute approximate surface area is 177 Å². The third-order valence-electron chi connectivity index (χ3n) is 5.82. The molecule has 2 aliphatic rings. The van der Waals surface area contributed by atoms with Gasteiger partial charge in [0.2, 0.25) is 12.2 Å². The Morgan fingerprint density at radius 1 is 1.16 bits per heavy atom. The third-order valence-corrected chi connectivity index (χ3v) is 5.82. The maximum Gasteiger partial charge on any atom is 0.269 e. The molecule has 10 heteroatoms. The average Bonchev–Trinajstić information content (AvgIpc) is 2.74. The van der Waals surface area contributed by atoms with Crippen LogP contribution in [0.15, 0.2) is 54.6 Å². The number of amides is 1. The number of non-ortho nitro benzene ring substituents is 1. The number of fused-ring (bicyclic) bond motifs is 1. The van der Waals surface area contributed by atoms with Crippen molar-refractivity contribution in [3.63, 3.8) is 0 Å². The summed E-state index contributed by atoms with van der Waals surface area (Å²) in [6.07, 6.45) is -5.06. The number of nitro groups is 1. The summed E-state index contributed by atoms with van der Waals surface area (Å²) in [5, 5.41) is 46.4. The maximum absolute atomic E-state index is 11.8. The highest BCUT2D eigenvalue weighted by Crippen LogP contribution is 2.53. The summed E-state index contributed by atoms with van der Waals surface area (Å²) in [5.74, 6) is -1.12. The van der Waals surface area contributed by atoms with Gasteiger partial charge in [-0.1, -0.05) is 30.3 Å². The van der Waals surface area contributed by atoms with Crippen LogP contribution in [0.1, 0.15) is 18.4 Å². The van der Waals surface area contributed by atoms with Gasteiger partial charge < -0.3 is 30.1 Å². The van der Waals surface area contributed by atoms with Crippen molar-refractivity contribution in [2.45, 2.75) is 49.1 Å². The molecular formula is C21H22N2O8. The summed E-state index contributed by atoms with van der Waals surface area (Å²) in [6, 6.07) is 12.8. The van der Waals surface area contributed by atoms with E-state index in [1.165, 1.54) is 31.2 Å². The number of aliphatic hydroxyl groups is 3. The van der Waals surface area contributed by atoms with Gasteiger partial charge in [-0.05, 0) is 17.7 Å². The fourth-order valence-corrected chi connectivity index (χ4v) is 4.38. The second kappa shape index (κ2) is 7.89. The molecule has 1 saturated heterocycles. The number of nitrogens with one attached hydrogen (secondary N) is 1. The van der Waals surface area contributed by atoms with Gasteiger partial charge in [0.1, 0.15) is 29.6 Å². The van der Waals surface area contributed by atoms with E-state index in [-0.39, 0.29) is 11.4 Å². The zero-order valence-electron chi connectivity index (χ0n) is 16.5. The van der Waals surface area contributed by atoms with Gasteiger partial charge in [0.15, 0.2) is 0 Å². The van der Waals surface area contributed by atoms with Crippen LogP contribution in [0, 0.1) is 10.1 Å². The van der Waals surface area contributed by atoms with Crippen LogP contribution in [-0.4, -0.2) is 62.4 Å². The van der Waals surface area contributed by atoms with Crippen molar-refractivity contribution in [2.75, 3.05) is 0 Å². The summed E-state index contributed by atoms with van der Waals surface area (Å²) >= 11 is 0. The number of rotatable bonds is 5. The van der Waals surface area contributed by atoms with Gasteiger partial charge in [0.05, 0.1) is 11.0 Å². The first-order chi connectivity index (χ1) is 14.7. The lowest BCUT2D eigenvalue weighted by molar-refractivity contribution is -0.384. The molecule has 2 unspecified atom stereocenters. The zero-order valence-corrected chi connectivity index (χ0v) is 16.5. The summed E-state index contributed by atoms with van der Waals surface area (Å²) in [4.78, 5) is 22.0. The third kappa shape index (κ3) is 3.53. The molecule has 0 bridgehead atoms. The molecule has 7 atom stereocenters. The van der Waals surface area contributed by atoms with Crippen LogP contribution in [0.5, 0.6) is 5.75 Å². The summed E-state index contributed by atoms with van der Waals surface area (Å²) in [5.41, 5.74) is -1.37. The van der Waals surface area contributed by atoms with E-state index in [0.29, 0.717) is 5.56 Å². The smallest absolute Gasteiger partial charge is 0.269 e. The van der Waals surface area contributed by atoms with E-state index < -0.39 is 53.0 Å². The number of benzene rings is 2. The number of hydrogen-bond acceptors (Lipinski definition) is 8. The molecule has 1 aliphatic heterocycles. The molecule has 1 aliphatic carbocycles. The first-order valence-electron chi connectivity index (χ1n) is 9.70. The molecular weight excluding hydrogens is 408 g/mol. The lowest BCUT2D eigenvalue weighted by Crippen LogP contribution is -2.82. The van der Waals surface area contributed by atoms with Crippen LogP contribution in [0.3, 0.4) is 0 Å². The van der Waals surface area contributed by atoms with Crippen LogP contribution in [0.25, 0.3) is 0 Å². The number of ether oxygens (including phenoxy) is 2. The second-order valence-corrected chi connectivity index (χ2v) is 7.73. The van der Waals surface area contributed by atoms with E-state index >= 15 is 0 Å². The van der Waals surface area contributed by atoms with E-state index in [0.717, 1.165) is 0 Å². The number of carbonyl (C=O) groups excluding carboxylic acids is 1. The molecule has 10 nitrogen and oxygen atoms in total. The Morgan fingerprint density at radius 3 is 2.39 bits per heavy atom. The minimum absolute atomic E-state index is 0.134. The molecule has 4 N–H and O–H groups in total. The van der Waals surface area contributed by atoms with E-state index in [1.807, 2.05) is 0 Å². The van der Waals surface area contributed by atoms with Crippen molar-refractivity contribution in [3.8, 4) is 5.75 Å². The number of nitro benzene ring substituents is 1. The van der Waals surface area contributed by atoms with E-state index in [4.69, 9.17) is 9.47 Å². The minimum Gasteiger partial charge on any atom is -0.463 e. The first kappa shape index (κ1) is 21.2. The molecule has 0 radical (unpaired) electrons. The van der Waals surface area contributed by atoms with Gasteiger partial charge in [-0.2, -0.15) is 0 Å². The maximum atomic E-state index is 11.8. The number of aliphatic hydroxyl groups excluding tert-OH is 2. The Hall–Kier alpha value is -3.05. The van der Waals surface area contributed by atoms with Gasteiger partial charge in [0.25, 0.3) is 5.69 Å². The fourth-order valence-electron chi connectivity index (χ4n) is 4.38. The Bertz CT molecular complexity index is 969. The monoisotopic (exact) mass is 430 g/mol. The molecule has 2 fully saturated rings. The summed E-state index contributed by atoms with van der Waals surface area (Å²) in [6.45, 7) is 1.25. The van der Waals surface area contributed by atoms with Crippen LogP contribution >= 0.6 is 0 Å². The Kier molecular flexibility index (Phi) is 5.40. The SMILES string of the molecule is CC(=O)N[C@H]1[C@H](Oc2ccc([N+](=O)[O-])cc2)O[C@@H]2C(O)C(c3ccccc3)[C@]2(O)[C@@H]1O. The highest BCUT2D eigenvalue weighted by molar-refractivity contribution is 5.73. The van der Waals surface area contributed by atoms with E-state index in [2.05, 4.69) is 5.32 Å². The van der Waals surface area contributed by atoms with Gasteiger partial charge in [0, 0.05) is 25.0 Å². The fraction of sp³-hybridized carbons (Fsp3) is 0.381. The molecule has 1 heterocycles. The molecule has 1 amide bonds. The van der Waals surface area contributed by atoms with E-state index in [1.54, 1.807) is 30.3 Å². The predicted molar refractivity (Wildman–Crippen MR) is 106 cm³/mol. The average molecular weight is 430 g/mol. The topological polar surface area (TPSA) is 151 Å². The number of hydrogen-bond donors (Lipinski definition) is 4. The van der Waals surface area contributed by atoms with Crippen LogP contribution in [-0.2, 0) is 9.53 Å². The van der Waals surface area contributed by atoms with Crippen LogP contribution < -0.4 is 10.1 Å². The van der Waals surface area contributed by atoms with Gasteiger partial charge >= 0.3 is 0 Å². The Morgan fingerprint density at radius 2 is 1.81 bits per heavy atom. The lowest BCUT2D eigenvalue weighted by atomic mass is 9.56. The van der Waals surface area contributed by atoms with Gasteiger partial charge in [-0.25, -0.2) is 0 Å². The largest absolute Gasteiger partial charge is 0.463 e. The minimum atomic E-state index is -1.86. The molecule has 1 saturated carbocycles. The lowest BCUT2D eigenvalue weighted by Gasteiger charge is -2.62. The molecule has 2 aromatic carbocycles. The zero-order chi connectivity index (χ0) is 22.3. The summed E-state index contributed by atoms with van der Waals surface area (Å²) < 4.78 is 11.5. The van der Waals surface area contributed by atoms with Crippen molar-refractivity contribution in [2.24, 2.45) is 0 Å². The quantitative estimate of drug-likeness (QED) is 0.394. The first-order valence-corrected chi connectivity index (χ1v) is 9.70. The van der Waals surface area contributed by atoms with Crippen LogP contribution in [0.4, 0.5) is 5.69 Å². The molecule has 164 valence electrons. The van der Waals surface area contributed by atoms with E-state index in [9.17, 15) is 30.2 Å². The molecule has 31 heavy (non-hydrogen) atoms. The molecule has 4 rings (SSSR count). The Balaban J connectivity index is 1.62. The second-order valence-electron chi connectivity index (χ2n) is 7.73. The summed E-state index contributed by atoms with van der Waals surface area (Å²) in [7, 11) is 0. The normalized spacial score (nSPS) is 34.2. The number of nitrogens with zero attached hydrogens (tertiary/aromatic N) is 1. The number of carbonyl (C=O) groups is 1. The molecule has 0 spiro atoms. The van der Waals surface area contributed by atoms with Crippen molar-refractivity contribution >= 4 is 11.6 Å². The van der Waals surface area contributed by atoms with Gasteiger partial charge in [-0.3, -0.25) is 14.9 Å². The van der Waals surface area contributed by atoms with Gasteiger partial charge in [-0.15, -0.1) is 0 Å². The molecule has 0 aromatic heterocycles. The van der Waals surface area contributed by atoms with Crippen LogP contribution in [0.2, 0.25) is 0 Å². The van der Waals surface area contributed by atoms with Crippen molar-refractivity contribution in [1.82, 2.24) is 5.32 Å².